The highest BCUT2D eigenvalue weighted by atomic mass is 35.5. The van der Waals surface area contributed by atoms with E-state index in [1.54, 1.807) is 78.9 Å². The van der Waals surface area contributed by atoms with Crippen molar-refractivity contribution in [3.05, 3.63) is 98.9 Å². The molecule has 9 heteroatoms. The van der Waals surface area contributed by atoms with Crippen LogP contribution < -0.4 is 9.47 Å². The zero-order chi connectivity index (χ0) is 24.1. The quantitative estimate of drug-likeness (QED) is 0.209. The molecule has 0 saturated carbocycles. The van der Waals surface area contributed by atoms with Crippen LogP contribution in [0.3, 0.4) is 0 Å². The maximum atomic E-state index is 12.7. The molecule has 0 unspecified atom stereocenters. The lowest BCUT2D eigenvalue weighted by atomic mass is 10.2. The van der Waals surface area contributed by atoms with Crippen molar-refractivity contribution < 1.29 is 23.9 Å². The van der Waals surface area contributed by atoms with Crippen LogP contribution in [-0.2, 0) is 4.79 Å². The smallest absolute Gasteiger partial charge is 0.345 e. The molecule has 3 aromatic rings. The van der Waals surface area contributed by atoms with Crippen molar-refractivity contribution in [3.63, 3.8) is 0 Å². The fourth-order valence-electron chi connectivity index (χ4n) is 3.09. The fraction of sp³-hybridized carbons (Fsp3) is 0.0800. The summed E-state index contributed by atoms with van der Waals surface area (Å²) in [6.45, 7) is 0.264. The summed E-state index contributed by atoms with van der Waals surface area (Å²) in [4.78, 5) is 38.9. The second-order valence-electron chi connectivity index (χ2n) is 7.08. The van der Waals surface area contributed by atoms with Crippen molar-refractivity contribution in [2.75, 3.05) is 13.2 Å². The Bertz CT molecular complexity index is 1280. The minimum absolute atomic E-state index is 0.111. The highest BCUT2D eigenvalue weighted by Gasteiger charge is 2.34. The number of carbonyl (C=O) groups is 3. The van der Waals surface area contributed by atoms with Crippen LogP contribution in [0, 0.1) is 0 Å². The Hall–Kier alpha value is -3.26. The van der Waals surface area contributed by atoms with Gasteiger partial charge in [0.2, 0.25) is 0 Å². The first-order chi connectivity index (χ1) is 16.4. The topological polar surface area (TPSA) is 72.9 Å². The van der Waals surface area contributed by atoms with Crippen molar-refractivity contribution in [3.8, 4) is 11.5 Å². The SMILES string of the molecule is O=C(Oc1cccc(/C=C2\SC(=O)N(CCOc3ccc(Cl)cc3)C2=O)c1)c1ccccc1Cl. The molecule has 1 fully saturated rings. The van der Waals surface area contributed by atoms with Crippen LogP contribution in [0.2, 0.25) is 10.0 Å². The van der Waals surface area contributed by atoms with Crippen LogP contribution in [-0.4, -0.2) is 35.2 Å². The fourth-order valence-corrected chi connectivity index (χ4v) is 4.29. The van der Waals surface area contributed by atoms with Crippen LogP contribution in [0.4, 0.5) is 4.79 Å². The van der Waals surface area contributed by atoms with E-state index in [9.17, 15) is 14.4 Å². The van der Waals surface area contributed by atoms with E-state index < -0.39 is 11.9 Å². The third-order valence-corrected chi connectivity index (χ3v) is 6.22. The summed E-state index contributed by atoms with van der Waals surface area (Å²) < 4.78 is 11.0. The van der Waals surface area contributed by atoms with Crippen LogP contribution >= 0.6 is 35.0 Å². The number of halogens is 2. The number of amides is 2. The monoisotopic (exact) mass is 513 g/mol. The molecule has 0 spiro atoms. The Morgan fingerprint density at radius 3 is 2.47 bits per heavy atom. The Labute approximate surface area is 210 Å². The highest BCUT2D eigenvalue weighted by molar-refractivity contribution is 8.18. The Kier molecular flexibility index (Phi) is 7.57. The van der Waals surface area contributed by atoms with Crippen molar-refractivity contribution in [2.45, 2.75) is 0 Å². The lowest BCUT2D eigenvalue weighted by molar-refractivity contribution is -0.123. The van der Waals surface area contributed by atoms with Gasteiger partial charge in [-0.25, -0.2) is 4.79 Å². The third kappa shape index (κ3) is 5.80. The molecular formula is C25H17Cl2NO5S. The largest absolute Gasteiger partial charge is 0.492 e. The maximum Gasteiger partial charge on any atom is 0.345 e. The van der Waals surface area contributed by atoms with Gasteiger partial charge in [0, 0.05) is 5.02 Å². The molecule has 1 saturated heterocycles. The van der Waals surface area contributed by atoms with Crippen LogP contribution in [0.25, 0.3) is 6.08 Å². The molecule has 6 nitrogen and oxygen atoms in total. The zero-order valence-electron chi connectivity index (χ0n) is 17.6. The molecule has 0 aliphatic carbocycles. The lowest BCUT2D eigenvalue weighted by Crippen LogP contribution is -2.32. The summed E-state index contributed by atoms with van der Waals surface area (Å²) >= 11 is 12.7. The van der Waals surface area contributed by atoms with E-state index in [1.165, 1.54) is 0 Å². The zero-order valence-corrected chi connectivity index (χ0v) is 19.9. The second kappa shape index (κ2) is 10.8. The molecular weight excluding hydrogens is 497 g/mol. The summed E-state index contributed by atoms with van der Waals surface area (Å²) in [5.74, 6) is -0.124. The number of imide groups is 1. The van der Waals surface area contributed by atoms with E-state index in [0.717, 1.165) is 16.7 Å². The van der Waals surface area contributed by atoms with Crippen molar-refractivity contribution >= 4 is 58.2 Å². The number of thioether (sulfide) groups is 1. The molecule has 0 atom stereocenters. The molecule has 0 bridgehead atoms. The first kappa shape index (κ1) is 23.9. The number of nitrogens with zero attached hydrogens (tertiary/aromatic N) is 1. The molecule has 3 aromatic carbocycles. The molecule has 4 rings (SSSR count). The summed E-state index contributed by atoms with van der Waals surface area (Å²) in [6.07, 6.45) is 1.58. The number of hydrogen-bond acceptors (Lipinski definition) is 6. The van der Waals surface area contributed by atoms with Gasteiger partial charge in [-0.1, -0.05) is 47.5 Å². The van der Waals surface area contributed by atoms with E-state index in [-0.39, 0.29) is 39.6 Å². The first-order valence-corrected chi connectivity index (χ1v) is 11.7. The molecule has 1 aliphatic rings. The van der Waals surface area contributed by atoms with Crippen molar-refractivity contribution in [2.24, 2.45) is 0 Å². The molecule has 34 heavy (non-hydrogen) atoms. The van der Waals surface area contributed by atoms with Gasteiger partial charge < -0.3 is 9.47 Å². The number of benzene rings is 3. The van der Waals surface area contributed by atoms with Crippen LogP contribution in [0.15, 0.2) is 77.7 Å². The number of esters is 1. The van der Waals surface area contributed by atoms with Crippen LogP contribution in [0.1, 0.15) is 15.9 Å². The van der Waals surface area contributed by atoms with E-state index in [1.807, 2.05) is 0 Å². The normalized spacial score (nSPS) is 14.5. The molecule has 0 aromatic heterocycles. The molecule has 2 amide bonds. The van der Waals surface area contributed by atoms with E-state index in [0.29, 0.717) is 16.3 Å². The van der Waals surface area contributed by atoms with Gasteiger partial charge in [0.1, 0.15) is 18.1 Å². The summed E-state index contributed by atoms with van der Waals surface area (Å²) in [5.41, 5.74) is 0.851. The predicted octanol–water partition coefficient (Wildman–Crippen LogP) is 6.33. The standard InChI is InChI=1S/C25H17Cl2NO5S/c26-17-8-10-18(11-9-17)32-13-12-28-23(29)22(34-25(28)31)15-16-4-3-5-19(14-16)33-24(30)20-6-1-2-7-21(20)27/h1-11,14-15H,12-13H2/b22-15-. The highest BCUT2D eigenvalue weighted by Crippen LogP contribution is 2.32. The van der Waals surface area contributed by atoms with Crippen molar-refractivity contribution in [1.82, 2.24) is 4.90 Å². The second-order valence-corrected chi connectivity index (χ2v) is 8.91. The van der Waals surface area contributed by atoms with Gasteiger partial charge in [0.25, 0.3) is 11.1 Å². The van der Waals surface area contributed by atoms with E-state index >= 15 is 0 Å². The average molecular weight is 514 g/mol. The van der Waals surface area contributed by atoms with Gasteiger partial charge >= 0.3 is 5.97 Å². The minimum atomic E-state index is -0.594. The third-order valence-electron chi connectivity index (χ3n) is 4.73. The van der Waals surface area contributed by atoms with Gasteiger partial charge in [-0.3, -0.25) is 14.5 Å². The number of hydrogen-bond donors (Lipinski definition) is 0. The minimum Gasteiger partial charge on any atom is -0.492 e. The van der Waals surface area contributed by atoms with Gasteiger partial charge in [-0.05, 0) is 71.9 Å². The maximum absolute atomic E-state index is 12.7. The summed E-state index contributed by atoms with van der Waals surface area (Å²) in [5, 5.41) is 0.501. The van der Waals surface area contributed by atoms with E-state index in [2.05, 4.69) is 0 Å². The van der Waals surface area contributed by atoms with Crippen LogP contribution in [0.5, 0.6) is 11.5 Å². The number of rotatable bonds is 7. The molecule has 0 radical (unpaired) electrons. The Morgan fingerprint density at radius 2 is 1.71 bits per heavy atom. The first-order valence-electron chi connectivity index (χ1n) is 10.1. The van der Waals surface area contributed by atoms with Gasteiger partial charge in [0.15, 0.2) is 0 Å². The lowest BCUT2D eigenvalue weighted by Gasteiger charge is -2.13. The number of carbonyl (C=O) groups excluding carboxylic acids is 3. The van der Waals surface area contributed by atoms with E-state index in [4.69, 9.17) is 32.7 Å². The number of ether oxygens (including phenoxy) is 2. The average Bonchev–Trinajstić information content (AvgIpc) is 3.08. The van der Waals surface area contributed by atoms with Gasteiger partial charge in [-0.2, -0.15) is 0 Å². The Morgan fingerprint density at radius 1 is 0.941 bits per heavy atom. The van der Waals surface area contributed by atoms with Gasteiger partial charge in [0.05, 0.1) is 22.0 Å². The molecule has 0 N–H and O–H groups in total. The van der Waals surface area contributed by atoms with Gasteiger partial charge in [-0.15, -0.1) is 0 Å². The van der Waals surface area contributed by atoms with Crippen molar-refractivity contribution in [1.29, 1.82) is 0 Å². The molecule has 172 valence electrons. The Balaban J connectivity index is 1.40. The predicted molar refractivity (Wildman–Crippen MR) is 132 cm³/mol. The summed E-state index contributed by atoms with van der Waals surface area (Å²) in [7, 11) is 0. The summed E-state index contributed by atoms with van der Waals surface area (Å²) in [6, 6.07) is 20.0. The molecule has 1 heterocycles. The molecule has 1 aliphatic heterocycles.